The van der Waals surface area contributed by atoms with Crippen molar-refractivity contribution in [3.63, 3.8) is 0 Å². The number of sulfone groups is 2. The molecule has 2 amide bonds. The lowest BCUT2D eigenvalue weighted by Crippen LogP contribution is -2.52. The molecule has 8 nitrogen and oxygen atoms in total. The van der Waals surface area contributed by atoms with Gasteiger partial charge in [0.25, 0.3) is 0 Å². The average molecular weight is 366 g/mol. The highest BCUT2D eigenvalue weighted by atomic mass is 32.2. The first-order valence-corrected chi connectivity index (χ1v) is 11.1. The van der Waals surface area contributed by atoms with Crippen LogP contribution in [0, 0.1) is 5.41 Å². The van der Waals surface area contributed by atoms with E-state index in [1.165, 1.54) is 13.8 Å². The van der Waals surface area contributed by atoms with Crippen molar-refractivity contribution in [1.29, 1.82) is 0 Å². The van der Waals surface area contributed by atoms with Crippen LogP contribution in [0.1, 0.15) is 26.7 Å². The second-order valence-electron chi connectivity index (χ2n) is 6.77. The Hall–Kier alpha value is -1.16. The number of carbonyl (C=O) groups is 2. The molecule has 2 atom stereocenters. The van der Waals surface area contributed by atoms with Crippen molar-refractivity contribution >= 4 is 31.5 Å². The van der Waals surface area contributed by atoms with Crippen LogP contribution in [0.15, 0.2) is 0 Å². The van der Waals surface area contributed by atoms with E-state index >= 15 is 0 Å². The Balaban J connectivity index is 1.94. The lowest BCUT2D eigenvalue weighted by Gasteiger charge is -2.26. The fourth-order valence-electron chi connectivity index (χ4n) is 2.65. The summed E-state index contributed by atoms with van der Waals surface area (Å²) in [4.78, 5) is 24.6. The molecule has 0 aliphatic carbocycles. The standard InChI is InChI=1S/C13H22N2O6S2/c1-13(2,11(16)14-9-3-5-22(18,19)7-9)12(17)15-10-4-6-23(20,21)8-10/h9-10H,3-8H2,1-2H3,(H,14,16)(H,15,17). The van der Waals surface area contributed by atoms with E-state index in [0.717, 1.165) is 0 Å². The fourth-order valence-corrected chi connectivity index (χ4v) is 6.00. The molecule has 0 aromatic heterocycles. The average Bonchev–Trinajstić information content (AvgIpc) is 2.91. The molecular weight excluding hydrogens is 344 g/mol. The van der Waals surface area contributed by atoms with Crippen LogP contribution in [0.25, 0.3) is 0 Å². The number of hydrogen-bond donors (Lipinski definition) is 2. The quantitative estimate of drug-likeness (QED) is 0.591. The van der Waals surface area contributed by atoms with Crippen molar-refractivity contribution in [1.82, 2.24) is 10.6 Å². The molecule has 0 radical (unpaired) electrons. The van der Waals surface area contributed by atoms with Gasteiger partial charge in [0.05, 0.1) is 23.0 Å². The van der Waals surface area contributed by atoms with Gasteiger partial charge in [0.1, 0.15) is 5.41 Å². The first kappa shape index (κ1) is 18.2. The molecule has 0 bridgehead atoms. The van der Waals surface area contributed by atoms with Crippen LogP contribution in [0.5, 0.6) is 0 Å². The zero-order valence-electron chi connectivity index (χ0n) is 13.2. The zero-order chi connectivity index (χ0) is 17.5. The largest absolute Gasteiger partial charge is 0.351 e. The van der Waals surface area contributed by atoms with Gasteiger partial charge in [0.2, 0.25) is 11.8 Å². The van der Waals surface area contributed by atoms with Gasteiger partial charge in [-0.3, -0.25) is 9.59 Å². The SMILES string of the molecule is CC(C)(C(=O)NC1CCS(=O)(=O)C1)C(=O)NC1CCS(=O)(=O)C1. The van der Waals surface area contributed by atoms with Gasteiger partial charge >= 0.3 is 0 Å². The monoisotopic (exact) mass is 366 g/mol. The molecule has 2 aliphatic rings. The summed E-state index contributed by atoms with van der Waals surface area (Å²) < 4.78 is 45.6. The molecule has 0 spiro atoms. The summed E-state index contributed by atoms with van der Waals surface area (Å²) in [5.74, 6) is -1.28. The molecule has 2 heterocycles. The van der Waals surface area contributed by atoms with Crippen molar-refractivity contribution in [3.05, 3.63) is 0 Å². The van der Waals surface area contributed by atoms with Gasteiger partial charge < -0.3 is 10.6 Å². The Morgan fingerprint density at radius 3 is 1.43 bits per heavy atom. The third-order valence-electron chi connectivity index (χ3n) is 4.27. The Morgan fingerprint density at radius 2 is 1.17 bits per heavy atom. The molecule has 2 fully saturated rings. The van der Waals surface area contributed by atoms with Crippen LogP contribution in [0.2, 0.25) is 0 Å². The molecule has 2 rings (SSSR count). The van der Waals surface area contributed by atoms with Crippen molar-refractivity contribution < 1.29 is 26.4 Å². The van der Waals surface area contributed by atoms with Crippen LogP contribution in [0.4, 0.5) is 0 Å². The number of amides is 2. The van der Waals surface area contributed by atoms with Crippen molar-refractivity contribution in [2.75, 3.05) is 23.0 Å². The van der Waals surface area contributed by atoms with Crippen LogP contribution >= 0.6 is 0 Å². The van der Waals surface area contributed by atoms with Gasteiger partial charge in [0.15, 0.2) is 19.7 Å². The number of nitrogens with one attached hydrogen (secondary N) is 2. The molecule has 2 saturated heterocycles. The molecule has 2 unspecified atom stereocenters. The molecular formula is C13H22N2O6S2. The van der Waals surface area contributed by atoms with E-state index in [1.807, 2.05) is 0 Å². The van der Waals surface area contributed by atoms with E-state index in [0.29, 0.717) is 12.8 Å². The predicted molar refractivity (Wildman–Crippen MR) is 84.2 cm³/mol. The van der Waals surface area contributed by atoms with Gasteiger partial charge in [0, 0.05) is 12.1 Å². The van der Waals surface area contributed by atoms with Gasteiger partial charge in [-0.2, -0.15) is 0 Å². The third-order valence-corrected chi connectivity index (χ3v) is 7.81. The lowest BCUT2D eigenvalue weighted by atomic mass is 9.90. The van der Waals surface area contributed by atoms with Gasteiger partial charge in [-0.1, -0.05) is 0 Å². The van der Waals surface area contributed by atoms with E-state index in [-0.39, 0.29) is 23.0 Å². The van der Waals surface area contributed by atoms with Crippen molar-refractivity contribution in [2.45, 2.75) is 38.8 Å². The summed E-state index contributed by atoms with van der Waals surface area (Å²) in [7, 11) is -6.24. The maximum Gasteiger partial charge on any atom is 0.235 e. The van der Waals surface area contributed by atoms with E-state index in [2.05, 4.69) is 10.6 Å². The molecule has 0 aromatic rings. The van der Waals surface area contributed by atoms with Gasteiger partial charge in [-0.05, 0) is 26.7 Å². The van der Waals surface area contributed by atoms with Gasteiger partial charge in [-0.25, -0.2) is 16.8 Å². The van der Waals surface area contributed by atoms with Crippen LogP contribution in [-0.4, -0.2) is 63.7 Å². The molecule has 2 N–H and O–H groups in total. The Kier molecular flexibility index (Phi) is 4.78. The summed E-state index contributed by atoms with van der Waals surface area (Å²) in [6, 6.07) is -0.960. The molecule has 0 aromatic carbocycles. The second-order valence-corrected chi connectivity index (χ2v) is 11.2. The summed E-state index contributed by atoms with van der Waals surface area (Å²) in [6.45, 7) is 2.87. The second kappa shape index (κ2) is 6.04. The maximum absolute atomic E-state index is 12.3. The normalized spacial score (nSPS) is 29.1. The van der Waals surface area contributed by atoms with Crippen molar-refractivity contribution in [3.8, 4) is 0 Å². The Bertz CT molecular complexity index is 651. The number of hydrogen-bond acceptors (Lipinski definition) is 6. The number of carbonyl (C=O) groups excluding carboxylic acids is 2. The lowest BCUT2D eigenvalue weighted by molar-refractivity contribution is -0.142. The molecule has 23 heavy (non-hydrogen) atoms. The first-order valence-electron chi connectivity index (χ1n) is 7.44. The summed E-state index contributed by atoms with van der Waals surface area (Å²) in [6.07, 6.45) is 0.680. The highest BCUT2D eigenvalue weighted by Crippen LogP contribution is 2.20. The molecule has 0 saturated carbocycles. The highest BCUT2D eigenvalue weighted by molar-refractivity contribution is 7.91. The van der Waals surface area contributed by atoms with Crippen LogP contribution < -0.4 is 10.6 Å². The minimum atomic E-state index is -3.12. The van der Waals surface area contributed by atoms with E-state index in [9.17, 15) is 26.4 Å². The molecule has 132 valence electrons. The summed E-state index contributed by atoms with van der Waals surface area (Å²) in [5, 5.41) is 5.20. The highest BCUT2D eigenvalue weighted by Gasteiger charge is 2.41. The predicted octanol–water partition coefficient (Wildman–Crippen LogP) is -1.38. The summed E-state index contributed by atoms with van der Waals surface area (Å²) in [5.41, 5.74) is -1.40. The van der Waals surface area contributed by atoms with Crippen LogP contribution in [0.3, 0.4) is 0 Å². The minimum absolute atomic E-state index is 0.0322. The minimum Gasteiger partial charge on any atom is -0.351 e. The van der Waals surface area contributed by atoms with E-state index in [4.69, 9.17) is 0 Å². The first-order chi connectivity index (χ1) is 10.4. The topological polar surface area (TPSA) is 126 Å². The maximum atomic E-state index is 12.3. The fraction of sp³-hybridized carbons (Fsp3) is 0.846. The smallest absolute Gasteiger partial charge is 0.235 e. The molecule has 2 aliphatic heterocycles. The Labute approximate surface area is 136 Å². The molecule has 10 heteroatoms. The van der Waals surface area contributed by atoms with Crippen molar-refractivity contribution in [2.24, 2.45) is 5.41 Å². The van der Waals surface area contributed by atoms with Crippen LogP contribution in [-0.2, 0) is 29.3 Å². The Morgan fingerprint density at radius 1 is 0.826 bits per heavy atom. The van der Waals surface area contributed by atoms with E-state index < -0.39 is 49.0 Å². The van der Waals surface area contributed by atoms with Gasteiger partial charge in [-0.15, -0.1) is 0 Å². The zero-order valence-corrected chi connectivity index (χ0v) is 14.8. The van der Waals surface area contributed by atoms with E-state index in [1.54, 1.807) is 0 Å². The third kappa shape index (κ3) is 4.43. The number of rotatable bonds is 4. The summed E-state index contributed by atoms with van der Waals surface area (Å²) >= 11 is 0.